The lowest BCUT2D eigenvalue weighted by molar-refractivity contribution is -0.0408. The van der Waals surface area contributed by atoms with Crippen molar-refractivity contribution in [3.8, 4) is 11.5 Å². The van der Waals surface area contributed by atoms with Crippen LogP contribution in [0.25, 0.3) is 11.5 Å². The van der Waals surface area contributed by atoms with E-state index < -0.39 is 0 Å². The molecule has 3 heterocycles. The van der Waals surface area contributed by atoms with Crippen LogP contribution in [0.3, 0.4) is 0 Å². The van der Waals surface area contributed by atoms with Crippen LogP contribution < -0.4 is 0 Å². The van der Waals surface area contributed by atoms with Crippen LogP contribution in [-0.2, 0) is 17.8 Å². The van der Waals surface area contributed by atoms with Gasteiger partial charge in [0.2, 0.25) is 5.89 Å². The molecule has 1 fully saturated rings. The number of nitrogens with zero attached hydrogens (tertiary/aromatic N) is 5. The number of hydrogen-bond donors (Lipinski definition) is 0. The Labute approximate surface area is 146 Å². The summed E-state index contributed by atoms with van der Waals surface area (Å²) in [6.45, 7) is 5.89. The zero-order chi connectivity index (χ0) is 17.1. The highest BCUT2D eigenvalue weighted by atomic mass is 16.5. The Kier molecular flexibility index (Phi) is 4.58. The van der Waals surface area contributed by atoms with Gasteiger partial charge in [0.15, 0.2) is 0 Å². The second-order valence-electron chi connectivity index (χ2n) is 6.24. The standard InChI is InChI=1S/C18H21N5O2/c1-14-17(20-18(25-14)15-5-3-2-4-6-15)13-22-9-10-24-16(11-22)12-23-8-7-19-21-23/h2-8,16H,9-13H2,1H3. The summed E-state index contributed by atoms with van der Waals surface area (Å²) >= 11 is 0. The minimum absolute atomic E-state index is 0.108. The van der Waals surface area contributed by atoms with Crippen molar-refractivity contribution in [3.63, 3.8) is 0 Å². The van der Waals surface area contributed by atoms with Crippen LogP contribution in [0, 0.1) is 6.92 Å². The minimum atomic E-state index is 0.108. The first-order chi connectivity index (χ1) is 12.3. The summed E-state index contributed by atoms with van der Waals surface area (Å²) in [7, 11) is 0. The lowest BCUT2D eigenvalue weighted by Gasteiger charge is -2.32. The third-order valence-corrected chi connectivity index (χ3v) is 4.37. The number of benzene rings is 1. The number of aromatic nitrogens is 4. The van der Waals surface area contributed by atoms with E-state index in [1.165, 1.54) is 0 Å². The SMILES string of the molecule is Cc1oc(-c2ccccc2)nc1CN1CCOC(Cn2ccnn2)C1. The number of ether oxygens (including phenoxy) is 1. The van der Waals surface area contributed by atoms with Gasteiger partial charge in [-0.15, -0.1) is 5.10 Å². The van der Waals surface area contributed by atoms with Crippen molar-refractivity contribution in [2.45, 2.75) is 26.1 Å². The molecule has 0 aliphatic carbocycles. The van der Waals surface area contributed by atoms with E-state index in [1.807, 2.05) is 48.1 Å². The number of oxazole rings is 1. The fourth-order valence-electron chi connectivity index (χ4n) is 3.06. The molecule has 0 N–H and O–H groups in total. The summed E-state index contributed by atoms with van der Waals surface area (Å²) in [5.41, 5.74) is 1.99. The molecule has 0 amide bonds. The molecule has 0 spiro atoms. The predicted molar refractivity (Wildman–Crippen MR) is 91.7 cm³/mol. The molecule has 25 heavy (non-hydrogen) atoms. The van der Waals surface area contributed by atoms with E-state index in [0.717, 1.165) is 36.7 Å². The molecule has 130 valence electrons. The van der Waals surface area contributed by atoms with Crippen molar-refractivity contribution < 1.29 is 9.15 Å². The van der Waals surface area contributed by atoms with Crippen molar-refractivity contribution in [3.05, 3.63) is 54.2 Å². The summed E-state index contributed by atoms with van der Waals surface area (Å²) in [5.74, 6) is 1.55. The fraction of sp³-hybridized carbons (Fsp3) is 0.389. The van der Waals surface area contributed by atoms with Crippen LogP contribution >= 0.6 is 0 Å². The number of aryl methyl sites for hydroxylation is 1. The molecule has 1 aromatic carbocycles. The molecule has 1 aliphatic rings. The molecule has 2 aromatic heterocycles. The van der Waals surface area contributed by atoms with Crippen LogP contribution in [0.5, 0.6) is 0 Å². The van der Waals surface area contributed by atoms with Crippen LogP contribution in [0.1, 0.15) is 11.5 Å². The summed E-state index contributed by atoms with van der Waals surface area (Å²) in [6.07, 6.45) is 3.65. The van der Waals surface area contributed by atoms with Crippen molar-refractivity contribution in [1.29, 1.82) is 0 Å². The van der Waals surface area contributed by atoms with Gasteiger partial charge < -0.3 is 9.15 Å². The number of hydrogen-bond acceptors (Lipinski definition) is 6. The highest BCUT2D eigenvalue weighted by molar-refractivity contribution is 5.53. The molecule has 1 atom stereocenters. The van der Waals surface area contributed by atoms with Crippen LogP contribution in [0.4, 0.5) is 0 Å². The average Bonchev–Trinajstić information content (AvgIpc) is 3.26. The molecule has 0 bridgehead atoms. The molecule has 1 aliphatic heterocycles. The molecule has 7 heteroatoms. The minimum Gasteiger partial charge on any atom is -0.441 e. The van der Waals surface area contributed by atoms with Crippen molar-refractivity contribution in [2.24, 2.45) is 0 Å². The molecular formula is C18H21N5O2. The van der Waals surface area contributed by atoms with Crippen molar-refractivity contribution in [2.75, 3.05) is 19.7 Å². The van der Waals surface area contributed by atoms with E-state index in [-0.39, 0.29) is 6.10 Å². The predicted octanol–water partition coefficient (Wildman–Crippen LogP) is 2.14. The lowest BCUT2D eigenvalue weighted by Crippen LogP contribution is -2.43. The quantitative estimate of drug-likeness (QED) is 0.709. The normalized spacial score (nSPS) is 18.5. The lowest BCUT2D eigenvalue weighted by atomic mass is 10.2. The summed E-state index contributed by atoms with van der Waals surface area (Å²) in [4.78, 5) is 7.05. The second kappa shape index (κ2) is 7.16. The van der Waals surface area contributed by atoms with Gasteiger partial charge in [-0.25, -0.2) is 9.67 Å². The van der Waals surface area contributed by atoms with E-state index in [4.69, 9.17) is 14.1 Å². The maximum absolute atomic E-state index is 5.86. The zero-order valence-corrected chi connectivity index (χ0v) is 14.2. The average molecular weight is 339 g/mol. The fourth-order valence-corrected chi connectivity index (χ4v) is 3.06. The Morgan fingerprint density at radius 3 is 2.92 bits per heavy atom. The smallest absolute Gasteiger partial charge is 0.226 e. The third kappa shape index (κ3) is 3.78. The first kappa shape index (κ1) is 16.0. The molecule has 1 unspecified atom stereocenters. The van der Waals surface area contributed by atoms with Crippen LogP contribution in [0.15, 0.2) is 47.1 Å². The Morgan fingerprint density at radius 2 is 2.12 bits per heavy atom. The van der Waals surface area contributed by atoms with Crippen molar-refractivity contribution >= 4 is 0 Å². The van der Waals surface area contributed by atoms with Crippen LogP contribution in [0.2, 0.25) is 0 Å². The first-order valence-electron chi connectivity index (χ1n) is 8.48. The first-order valence-corrected chi connectivity index (χ1v) is 8.48. The van der Waals surface area contributed by atoms with Crippen LogP contribution in [-0.4, -0.2) is 50.7 Å². The Balaban J connectivity index is 1.42. The van der Waals surface area contributed by atoms with Gasteiger partial charge in [0.25, 0.3) is 0 Å². The summed E-state index contributed by atoms with van der Waals surface area (Å²) in [6, 6.07) is 10.00. The molecule has 3 aromatic rings. The van der Waals surface area contributed by atoms with E-state index in [1.54, 1.807) is 6.20 Å². The highest BCUT2D eigenvalue weighted by Gasteiger charge is 2.23. The van der Waals surface area contributed by atoms with E-state index in [2.05, 4.69) is 15.2 Å². The van der Waals surface area contributed by atoms with E-state index in [0.29, 0.717) is 19.0 Å². The monoisotopic (exact) mass is 339 g/mol. The van der Waals surface area contributed by atoms with Gasteiger partial charge in [0.1, 0.15) is 5.76 Å². The maximum Gasteiger partial charge on any atom is 0.226 e. The van der Waals surface area contributed by atoms with Gasteiger partial charge in [0, 0.05) is 31.4 Å². The summed E-state index contributed by atoms with van der Waals surface area (Å²) in [5, 5.41) is 7.85. The third-order valence-electron chi connectivity index (χ3n) is 4.37. The van der Waals surface area contributed by atoms with Gasteiger partial charge in [-0.05, 0) is 19.1 Å². The zero-order valence-electron chi connectivity index (χ0n) is 14.2. The van der Waals surface area contributed by atoms with Gasteiger partial charge >= 0.3 is 0 Å². The van der Waals surface area contributed by atoms with Gasteiger partial charge in [0.05, 0.1) is 31.1 Å². The Hall–Kier alpha value is -2.51. The Bertz CT molecular complexity index is 800. The van der Waals surface area contributed by atoms with Crippen molar-refractivity contribution in [1.82, 2.24) is 24.9 Å². The maximum atomic E-state index is 5.86. The number of morpholine rings is 1. The van der Waals surface area contributed by atoms with Gasteiger partial charge in [-0.2, -0.15) is 0 Å². The Morgan fingerprint density at radius 1 is 1.24 bits per heavy atom. The largest absolute Gasteiger partial charge is 0.441 e. The second-order valence-corrected chi connectivity index (χ2v) is 6.24. The van der Waals surface area contributed by atoms with E-state index in [9.17, 15) is 0 Å². The summed E-state index contributed by atoms with van der Waals surface area (Å²) < 4.78 is 13.5. The molecule has 1 saturated heterocycles. The number of rotatable bonds is 5. The topological polar surface area (TPSA) is 69.2 Å². The molecule has 4 rings (SSSR count). The molecule has 7 nitrogen and oxygen atoms in total. The highest BCUT2D eigenvalue weighted by Crippen LogP contribution is 2.22. The van der Waals surface area contributed by atoms with E-state index >= 15 is 0 Å². The van der Waals surface area contributed by atoms with Gasteiger partial charge in [-0.1, -0.05) is 23.4 Å². The van der Waals surface area contributed by atoms with Gasteiger partial charge in [-0.3, -0.25) is 4.90 Å². The molecule has 0 radical (unpaired) electrons. The molecular weight excluding hydrogens is 318 g/mol. The molecule has 0 saturated carbocycles.